The van der Waals surface area contributed by atoms with Gasteiger partial charge in [0.1, 0.15) is 0 Å². The fourth-order valence-electron chi connectivity index (χ4n) is 12.1. The summed E-state index contributed by atoms with van der Waals surface area (Å²) in [4.78, 5) is 5.02. The van der Waals surface area contributed by atoms with Crippen LogP contribution in [0.3, 0.4) is 0 Å². The first-order chi connectivity index (χ1) is 33.8. The number of rotatable bonds is 8. The first-order valence-electron chi connectivity index (χ1n) is 25.0. The van der Waals surface area contributed by atoms with Crippen molar-refractivity contribution in [2.75, 3.05) is 9.80 Å². The molecule has 0 aliphatic heterocycles. The van der Waals surface area contributed by atoms with Crippen molar-refractivity contribution in [2.24, 2.45) is 0 Å². The van der Waals surface area contributed by atoms with Crippen LogP contribution in [0.25, 0.3) is 76.8 Å². The summed E-state index contributed by atoms with van der Waals surface area (Å²) in [6.45, 7) is 0. The zero-order valence-electron chi connectivity index (χ0n) is 38.6. The van der Waals surface area contributed by atoms with Gasteiger partial charge in [-0.15, -0.1) is 0 Å². The van der Waals surface area contributed by atoms with Crippen LogP contribution in [0.5, 0.6) is 0 Å². The quantitative estimate of drug-likeness (QED) is 0.111. The predicted octanol–water partition coefficient (Wildman–Crippen LogP) is 19.7. The predicted molar refractivity (Wildman–Crippen MR) is 294 cm³/mol. The van der Waals surface area contributed by atoms with Crippen LogP contribution >= 0.6 is 0 Å². The van der Waals surface area contributed by atoms with Crippen LogP contribution in [0.2, 0.25) is 0 Å². The fourth-order valence-corrected chi connectivity index (χ4v) is 12.1. The van der Waals surface area contributed by atoms with Crippen LogP contribution in [0.1, 0.15) is 75.3 Å². The van der Waals surface area contributed by atoms with Crippen LogP contribution in [0, 0.1) is 0 Å². The Kier molecular flexibility index (Phi) is 10.3. The SMILES string of the molecule is C(=C1CCCCC1)c1ccc(N(c2ccccc2)c2c3ccccc3c3c4cccc5c(N(c6ccccc6)c6ccc(C=C7CCCCC7)cc6)c6ccccc6c(c6cccc2c63)c54)cc1. The molecule has 11 aromatic carbocycles. The fraction of sp³-hybridized carbons (Fsp3) is 0.152. The summed E-state index contributed by atoms with van der Waals surface area (Å²) in [7, 11) is 0. The van der Waals surface area contributed by atoms with E-state index in [4.69, 9.17) is 0 Å². The van der Waals surface area contributed by atoms with Gasteiger partial charge in [0.15, 0.2) is 0 Å². The minimum absolute atomic E-state index is 1.14. The van der Waals surface area contributed by atoms with Crippen LogP contribution < -0.4 is 9.80 Å². The lowest BCUT2D eigenvalue weighted by Crippen LogP contribution is -2.12. The van der Waals surface area contributed by atoms with Crippen molar-refractivity contribution in [2.45, 2.75) is 64.2 Å². The van der Waals surface area contributed by atoms with Gasteiger partial charge in [0.05, 0.1) is 11.4 Å². The van der Waals surface area contributed by atoms with E-state index in [1.807, 2.05) is 0 Å². The Morgan fingerprint density at radius 1 is 0.250 bits per heavy atom. The molecular weight excluding hydrogens is 821 g/mol. The summed E-state index contributed by atoms with van der Waals surface area (Å²) in [6.07, 6.45) is 17.7. The van der Waals surface area contributed by atoms with Gasteiger partial charge in [-0.25, -0.2) is 0 Å². The van der Waals surface area contributed by atoms with Crippen molar-refractivity contribution >= 4 is 111 Å². The second kappa shape index (κ2) is 17.2. The van der Waals surface area contributed by atoms with Crippen molar-refractivity contribution < 1.29 is 0 Å². The number of benzene rings is 11. The third kappa shape index (κ3) is 6.93. The van der Waals surface area contributed by atoms with Gasteiger partial charge in [0.2, 0.25) is 0 Å². The summed E-state index contributed by atoms with van der Waals surface area (Å²) in [5, 5.41) is 15.3. The molecular formula is C66H54N2. The highest BCUT2D eigenvalue weighted by atomic mass is 15.2. The number of hydrogen-bond acceptors (Lipinski definition) is 2. The molecule has 0 saturated heterocycles. The molecule has 2 saturated carbocycles. The standard InChI is InChI=1S/C66H54N2/c1-5-19-45(20-6-1)43-47-35-39-51(40-36-47)67(49-23-9-3-10-24-49)65-55-29-15-13-27-53(55)61-58-32-18-34-60-64(58)62(57-31-17-33-59(65)63(57)61)54-28-14-16-30-56(54)66(60)68(50-25-11-4-12-26-50)52-41-37-48(38-42-52)44-46-21-7-2-8-22-46/h3-4,9-18,23-44H,1-2,5-8,19-22H2. The Bertz CT molecular complexity index is 3450. The maximum absolute atomic E-state index is 2.51. The number of fused-ring (bicyclic) bond motifs is 6. The highest BCUT2D eigenvalue weighted by molar-refractivity contribution is 6.45. The number of allylic oxidation sites excluding steroid dienone is 2. The molecule has 0 radical (unpaired) electrons. The van der Waals surface area contributed by atoms with Gasteiger partial charge in [-0.3, -0.25) is 0 Å². The Morgan fingerprint density at radius 3 is 0.956 bits per heavy atom. The minimum atomic E-state index is 1.14. The molecule has 0 amide bonds. The van der Waals surface area contributed by atoms with Gasteiger partial charge in [0.25, 0.3) is 0 Å². The van der Waals surface area contributed by atoms with Crippen molar-refractivity contribution in [3.63, 3.8) is 0 Å². The highest BCUT2D eigenvalue weighted by Gasteiger charge is 2.27. The number of nitrogens with zero attached hydrogens (tertiary/aromatic N) is 2. The molecule has 0 atom stereocenters. The molecule has 2 aliphatic rings. The number of hydrogen-bond donors (Lipinski definition) is 0. The molecule has 0 bridgehead atoms. The third-order valence-corrected chi connectivity index (χ3v) is 15.1. The average Bonchev–Trinajstić information content (AvgIpc) is 3.40. The largest absolute Gasteiger partial charge is 0.309 e. The van der Waals surface area contributed by atoms with E-state index in [0.29, 0.717) is 0 Å². The normalized spacial score (nSPS) is 14.4. The first kappa shape index (κ1) is 40.6. The van der Waals surface area contributed by atoms with E-state index in [0.717, 1.165) is 22.7 Å². The molecule has 2 heteroatoms. The van der Waals surface area contributed by atoms with Crippen LogP contribution in [-0.2, 0) is 0 Å². The summed E-state index contributed by atoms with van der Waals surface area (Å²) < 4.78 is 0. The van der Waals surface area contributed by atoms with Gasteiger partial charge in [-0.05, 0) is 143 Å². The summed E-state index contributed by atoms with van der Waals surface area (Å²) in [6, 6.07) is 73.0. The molecule has 0 spiro atoms. The van der Waals surface area contributed by atoms with Crippen molar-refractivity contribution in [1.82, 2.24) is 0 Å². The topological polar surface area (TPSA) is 6.48 Å². The lowest BCUT2D eigenvalue weighted by atomic mass is 9.83. The summed E-state index contributed by atoms with van der Waals surface area (Å²) in [5.74, 6) is 0. The van der Waals surface area contributed by atoms with E-state index in [9.17, 15) is 0 Å². The average molecular weight is 875 g/mol. The summed E-state index contributed by atoms with van der Waals surface area (Å²) >= 11 is 0. The third-order valence-electron chi connectivity index (χ3n) is 15.1. The zero-order valence-corrected chi connectivity index (χ0v) is 38.6. The van der Waals surface area contributed by atoms with E-state index >= 15 is 0 Å². The van der Waals surface area contributed by atoms with Crippen molar-refractivity contribution in [3.8, 4) is 0 Å². The van der Waals surface area contributed by atoms with Gasteiger partial charge in [0, 0.05) is 55.1 Å². The van der Waals surface area contributed by atoms with Crippen LogP contribution in [0.4, 0.5) is 34.1 Å². The second-order valence-corrected chi connectivity index (χ2v) is 19.2. The first-order valence-corrected chi connectivity index (χ1v) is 25.0. The second-order valence-electron chi connectivity index (χ2n) is 19.2. The lowest BCUT2D eigenvalue weighted by Gasteiger charge is -2.31. The molecule has 2 fully saturated rings. The van der Waals surface area contributed by atoms with Gasteiger partial charge >= 0.3 is 0 Å². The molecule has 2 nitrogen and oxygen atoms in total. The van der Waals surface area contributed by atoms with E-state index in [1.54, 1.807) is 11.1 Å². The Morgan fingerprint density at radius 2 is 0.559 bits per heavy atom. The molecule has 328 valence electrons. The smallest absolute Gasteiger partial charge is 0.0619 e. The molecule has 0 unspecified atom stereocenters. The Balaban J connectivity index is 1.09. The molecule has 0 heterocycles. The van der Waals surface area contributed by atoms with Crippen LogP contribution in [-0.4, -0.2) is 0 Å². The number of para-hydroxylation sites is 2. The van der Waals surface area contributed by atoms with E-state index < -0.39 is 0 Å². The molecule has 68 heavy (non-hydrogen) atoms. The van der Waals surface area contributed by atoms with Crippen molar-refractivity contribution in [1.29, 1.82) is 0 Å². The molecule has 13 rings (SSSR count). The maximum Gasteiger partial charge on any atom is 0.0619 e. The maximum atomic E-state index is 2.51. The lowest BCUT2D eigenvalue weighted by molar-refractivity contribution is 0.602. The number of anilines is 6. The zero-order chi connectivity index (χ0) is 45.0. The highest BCUT2D eigenvalue weighted by Crippen LogP contribution is 2.54. The molecule has 2 aliphatic carbocycles. The van der Waals surface area contributed by atoms with E-state index in [1.165, 1.54) is 151 Å². The Labute approximate surface area is 399 Å². The van der Waals surface area contributed by atoms with Gasteiger partial charge < -0.3 is 9.80 Å². The molecule has 11 aromatic rings. The van der Waals surface area contributed by atoms with Gasteiger partial charge in [-0.1, -0.05) is 182 Å². The van der Waals surface area contributed by atoms with Crippen LogP contribution in [0.15, 0.2) is 205 Å². The Hall–Kier alpha value is -7.68. The summed E-state index contributed by atoms with van der Waals surface area (Å²) in [5.41, 5.74) is 12.7. The van der Waals surface area contributed by atoms with E-state index in [2.05, 4.69) is 216 Å². The minimum Gasteiger partial charge on any atom is -0.309 e. The monoisotopic (exact) mass is 874 g/mol. The molecule has 0 N–H and O–H groups in total. The van der Waals surface area contributed by atoms with E-state index in [-0.39, 0.29) is 0 Å². The van der Waals surface area contributed by atoms with Crippen molar-refractivity contribution in [3.05, 3.63) is 216 Å². The molecule has 0 aromatic heterocycles. The van der Waals surface area contributed by atoms with Gasteiger partial charge in [-0.2, -0.15) is 0 Å².